The number of rotatable bonds is 6. The van der Waals surface area contributed by atoms with E-state index < -0.39 is 0 Å². The Labute approximate surface area is 142 Å². The molecule has 24 heavy (non-hydrogen) atoms. The van der Waals surface area contributed by atoms with E-state index in [9.17, 15) is 4.79 Å². The number of thioether (sulfide) groups is 1. The monoisotopic (exact) mass is 342 g/mol. The van der Waals surface area contributed by atoms with Crippen LogP contribution < -0.4 is 10.1 Å². The summed E-state index contributed by atoms with van der Waals surface area (Å²) in [7, 11) is 1.60. The van der Waals surface area contributed by atoms with E-state index in [0.717, 1.165) is 11.4 Å². The molecule has 3 rings (SSSR count). The normalized spacial score (nSPS) is 10.4. The number of amides is 1. The highest BCUT2D eigenvalue weighted by Crippen LogP contribution is 2.20. The number of methoxy groups -OCH3 is 1. The molecule has 1 amide bonds. The summed E-state index contributed by atoms with van der Waals surface area (Å²) < 4.78 is 6.69. The van der Waals surface area contributed by atoms with Crippen LogP contribution in [0.1, 0.15) is 0 Å². The zero-order chi connectivity index (χ0) is 16.8. The fourth-order valence-electron chi connectivity index (χ4n) is 1.90. The summed E-state index contributed by atoms with van der Waals surface area (Å²) in [6.45, 7) is 0. The average molecular weight is 342 g/mol. The molecule has 0 spiro atoms. The van der Waals surface area contributed by atoms with Crippen LogP contribution in [0, 0.1) is 0 Å². The van der Waals surface area contributed by atoms with Crippen LogP contribution in [-0.2, 0) is 4.79 Å². The molecule has 2 heterocycles. The number of pyridine rings is 1. The third-order valence-corrected chi connectivity index (χ3v) is 3.94. The summed E-state index contributed by atoms with van der Waals surface area (Å²) in [6, 6.07) is 12.6. The first-order chi connectivity index (χ1) is 11.8. The molecule has 0 unspecified atom stereocenters. The van der Waals surface area contributed by atoms with Gasteiger partial charge in [0.1, 0.15) is 11.6 Å². The number of anilines is 1. The largest absolute Gasteiger partial charge is 0.497 e. The van der Waals surface area contributed by atoms with Crippen LogP contribution in [0.3, 0.4) is 0 Å². The molecule has 0 bridgehead atoms. The van der Waals surface area contributed by atoms with E-state index in [1.165, 1.54) is 11.8 Å². The number of hydrogen-bond acceptors (Lipinski definition) is 7. The molecule has 0 aliphatic heterocycles. The van der Waals surface area contributed by atoms with Crippen molar-refractivity contribution in [3.63, 3.8) is 0 Å². The van der Waals surface area contributed by atoms with Gasteiger partial charge in [-0.2, -0.15) is 4.68 Å². The first-order valence-corrected chi connectivity index (χ1v) is 8.01. The topological polar surface area (TPSA) is 94.8 Å². The van der Waals surface area contributed by atoms with E-state index in [4.69, 9.17) is 4.74 Å². The van der Waals surface area contributed by atoms with Gasteiger partial charge in [0, 0.05) is 6.20 Å². The van der Waals surface area contributed by atoms with Crippen LogP contribution in [-0.4, -0.2) is 44.0 Å². The van der Waals surface area contributed by atoms with Crippen molar-refractivity contribution in [3.8, 4) is 11.4 Å². The summed E-state index contributed by atoms with van der Waals surface area (Å²) in [4.78, 5) is 16.0. The molecule has 0 aliphatic carbocycles. The summed E-state index contributed by atoms with van der Waals surface area (Å²) in [5.41, 5.74) is 0.786. The van der Waals surface area contributed by atoms with Gasteiger partial charge in [-0.25, -0.2) is 4.98 Å². The van der Waals surface area contributed by atoms with E-state index >= 15 is 0 Å². The van der Waals surface area contributed by atoms with E-state index in [2.05, 4.69) is 25.8 Å². The third-order valence-electron chi connectivity index (χ3n) is 3.02. The van der Waals surface area contributed by atoms with Crippen LogP contribution in [0.25, 0.3) is 5.69 Å². The molecule has 0 aliphatic rings. The standard InChI is InChI=1S/C15H14N6O2S/c1-23-12-7-5-11(6-8-12)21-15(18-19-20-21)24-10-14(22)17-13-4-2-3-9-16-13/h2-9H,10H2,1H3,(H,16,17,22). The highest BCUT2D eigenvalue weighted by atomic mass is 32.2. The Balaban J connectivity index is 1.64. The van der Waals surface area contributed by atoms with Crippen LogP contribution in [0.5, 0.6) is 5.75 Å². The van der Waals surface area contributed by atoms with Crippen molar-refractivity contribution in [2.24, 2.45) is 0 Å². The lowest BCUT2D eigenvalue weighted by atomic mass is 10.3. The van der Waals surface area contributed by atoms with E-state index in [1.807, 2.05) is 24.3 Å². The van der Waals surface area contributed by atoms with Gasteiger partial charge in [-0.15, -0.1) is 5.10 Å². The SMILES string of the molecule is COc1ccc(-n2nnnc2SCC(=O)Nc2ccccn2)cc1. The van der Waals surface area contributed by atoms with Gasteiger partial charge < -0.3 is 10.1 Å². The maximum absolute atomic E-state index is 12.0. The van der Waals surface area contributed by atoms with E-state index in [1.54, 1.807) is 36.2 Å². The number of carbonyl (C=O) groups excluding carboxylic acids is 1. The third kappa shape index (κ3) is 3.87. The number of nitrogens with one attached hydrogen (secondary N) is 1. The Hall–Kier alpha value is -2.94. The second kappa shape index (κ2) is 7.55. The molecular weight excluding hydrogens is 328 g/mol. The highest BCUT2D eigenvalue weighted by Gasteiger charge is 2.12. The number of nitrogens with zero attached hydrogens (tertiary/aromatic N) is 5. The number of hydrogen-bond donors (Lipinski definition) is 1. The van der Waals surface area contributed by atoms with Crippen LogP contribution in [0.4, 0.5) is 5.82 Å². The van der Waals surface area contributed by atoms with Crippen molar-refractivity contribution < 1.29 is 9.53 Å². The van der Waals surface area contributed by atoms with Crippen LogP contribution in [0.15, 0.2) is 53.8 Å². The van der Waals surface area contributed by atoms with Crippen molar-refractivity contribution in [2.75, 3.05) is 18.2 Å². The lowest BCUT2D eigenvalue weighted by Crippen LogP contribution is -2.15. The van der Waals surface area contributed by atoms with Gasteiger partial charge in [0.15, 0.2) is 0 Å². The molecular formula is C15H14N6O2S. The fraction of sp³-hybridized carbons (Fsp3) is 0.133. The molecule has 1 N–H and O–H groups in total. The lowest BCUT2D eigenvalue weighted by molar-refractivity contribution is -0.113. The molecule has 2 aromatic heterocycles. The van der Waals surface area contributed by atoms with Crippen molar-refractivity contribution in [1.82, 2.24) is 25.2 Å². The summed E-state index contributed by atoms with van der Waals surface area (Å²) >= 11 is 1.24. The number of ether oxygens (including phenoxy) is 1. The van der Waals surface area contributed by atoms with Crippen LogP contribution >= 0.6 is 11.8 Å². The van der Waals surface area contributed by atoms with Crippen molar-refractivity contribution >= 4 is 23.5 Å². The summed E-state index contributed by atoms with van der Waals surface area (Å²) in [5.74, 6) is 1.25. The molecule has 8 nitrogen and oxygen atoms in total. The average Bonchev–Trinajstić information content (AvgIpc) is 3.09. The number of carbonyl (C=O) groups is 1. The van der Waals surface area contributed by atoms with Gasteiger partial charge in [-0.3, -0.25) is 4.79 Å². The molecule has 9 heteroatoms. The van der Waals surface area contributed by atoms with Gasteiger partial charge in [0.2, 0.25) is 11.1 Å². The minimum absolute atomic E-state index is 0.174. The predicted octanol–water partition coefficient (Wildman–Crippen LogP) is 1.80. The van der Waals surface area contributed by atoms with Crippen molar-refractivity contribution in [3.05, 3.63) is 48.7 Å². The second-order valence-corrected chi connectivity index (χ2v) is 5.57. The molecule has 3 aromatic rings. The van der Waals surface area contributed by atoms with E-state index in [-0.39, 0.29) is 11.7 Å². The Morgan fingerprint density at radius 2 is 2.08 bits per heavy atom. The molecule has 0 fully saturated rings. The first kappa shape index (κ1) is 15.9. The maximum Gasteiger partial charge on any atom is 0.236 e. The predicted molar refractivity (Wildman–Crippen MR) is 89.3 cm³/mol. The minimum Gasteiger partial charge on any atom is -0.497 e. The zero-order valence-electron chi connectivity index (χ0n) is 12.8. The van der Waals surface area contributed by atoms with E-state index in [0.29, 0.717) is 11.0 Å². The smallest absolute Gasteiger partial charge is 0.236 e. The quantitative estimate of drug-likeness (QED) is 0.682. The molecule has 122 valence electrons. The Kier molecular flexibility index (Phi) is 5.02. The Bertz CT molecular complexity index is 806. The molecule has 0 saturated carbocycles. The fourth-order valence-corrected chi connectivity index (χ4v) is 2.59. The van der Waals surface area contributed by atoms with Crippen molar-refractivity contribution in [2.45, 2.75) is 5.16 Å². The zero-order valence-corrected chi connectivity index (χ0v) is 13.6. The van der Waals surface area contributed by atoms with Gasteiger partial charge >= 0.3 is 0 Å². The van der Waals surface area contributed by atoms with Gasteiger partial charge in [0.25, 0.3) is 0 Å². The molecule has 1 aromatic carbocycles. The summed E-state index contributed by atoms with van der Waals surface area (Å²) in [6.07, 6.45) is 1.62. The first-order valence-electron chi connectivity index (χ1n) is 7.03. The highest BCUT2D eigenvalue weighted by molar-refractivity contribution is 7.99. The number of aromatic nitrogens is 5. The van der Waals surface area contributed by atoms with Crippen molar-refractivity contribution in [1.29, 1.82) is 0 Å². The van der Waals surface area contributed by atoms with Crippen LogP contribution in [0.2, 0.25) is 0 Å². The second-order valence-electron chi connectivity index (χ2n) is 4.62. The molecule has 0 saturated heterocycles. The summed E-state index contributed by atoms with van der Waals surface area (Å²) in [5, 5.41) is 14.8. The number of benzene rings is 1. The molecule has 0 radical (unpaired) electrons. The minimum atomic E-state index is -0.178. The van der Waals surface area contributed by atoms with Gasteiger partial charge in [-0.05, 0) is 46.8 Å². The number of tetrazole rings is 1. The maximum atomic E-state index is 12.0. The molecule has 0 atom stereocenters. The Morgan fingerprint density at radius 3 is 2.79 bits per heavy atom. The Morgan fingerprint density at radius 1 is 1.25 bits per heavy atom. The lowest BCUT2D eigenvalue weighted by Gasteiger charge is -2.06. The van der Waals surface area contributed by atoms with Gasteiger partial charge in [0.05, 0.1) is 18.6 Å². The van der Waals surface area contributed by atoms with Gasteiger partial charge in [-0.1, -0.05) is 17.8 Å².